The van der Waals surface area contributed by atoms with E-state index < -0.39 is 0 Å². The molecular formula is C13H24N2O2. The van der Waals surface area contributed by atoms with E-state index in [0.717, 1.165) is 32.4 Å². The molecule has 0 aromatic carbocycles. The standard InChI is InChI=1S/C13H24N2O2/c1-9-3-4-12(14)11(7-9)13(16)15-5-6-17-10(2)8-15/h9-12H,3-8,14H2,1-2H3. The number of carbonyl (C=O) groups excluding carboxylic acids is 1. The van der Waals surface area contributed by atoms with Crippen LogP contribution in [0.4, 0.5) is 0 Å². The molecule has 4 nitrogen and oxygen atoms in total. The smallest absolute Gasteiger partial charge is 0.227 e. The largest absolute Gasteiger partial charge is 0.375 e. The van der Waals surface area contributed by atoms with Gasteiger partial charge in [-0.25, -0.2) is 0 Å². The number of rotatable bonds is 1. The van der Waals surface area contributed by atoms with Crippen LogP contribution in [-0.4, -0.2) is 42.6 Å². The normalized spacial score (nSPS) is 39.1. The third-order valence-electron chi connectivity index (χ3n) is 4.04. The summed E-state index contributed by atoms with van der Waals surface area (Å²) in [5, 5.41) is 0. The van der Waals surface area contributed by atoms with Gasteiger partial charge in [0.05, 0.1) is 18.6 Å². The Kier molecular flexibility index (Phi) is 4.05. The minimum absolute atomic E-state index is 0.0315. The molecule has 17 heavy (non-hydrogen) atoms. The summed E-state index contributed by atoms with van der Waals surface area (Å²) in [5.74, 6) is 0.908. The Hall–Kier alpha value is -0.610. The van der Waals surface area contributed by atoms with Crippen LogP contribution in [0.5, 0.6) is 0 Å². The molecule has 2 rings (SSSR count). The zero-order chi connectivity index (χ0) is 12.4. The number of hydrogen-bond acceptors (Lipinski definition) is 3. The first-order valence-corrected chi connectivity index (χ1v) is 6.74. The molecule has 1 saturated heterocycles. The van der Waals surface area contributed by atoms with Crippen LogP contribution in [0, 0.1) is 11.8 Å². The molecule has 4 atom stereocenters. The Labute approximate surface area is 103 Å². The van der Waals surface area contributed by atoms with Crippen molar-refractivity contribution >= 4 is 5.91 Å². The van der Waals surface area contributed by atoms with Crippen molar-refractivity contribution in [2.45, 2.75) is 45.3 Å². The first-order valence-electron chi connectivity index (χ1n) is 6.74. The van der Waals surface area contributed by atoms with E-state index in [1.165, 1.54) is 0 Å². The highest BCUT2D eigenvalue weighted by molar-refractivity contribution is 5.79. The summed E-state index contributed by atoms with van der Waals surface area (Å²) in [7, 11) is 0. The molecule has 4 unspecified atom stereocenters. The minimum atomic E-state index is 0.0315. The van der Waals surface area contributed by atoms with Crippen LogP contribution in [-0.2, 0) is 9.53 Å². The van der Waals surface area contributed by atoms with Gasteiger partial charge >= 0.3 is 0 Å². The summed E-state index contributed by atoms with van der Waals surface area (Å²) in [4.78, 5) is 14.4. The van der Waals surface area contributed by atoms with Gasteiger partial charge in [0.2, 0.25) is 5.91 Å². The van der Waals surface area contributed by atoms with E-state index in [2.05, 4.69) is 6.92 Å². The number of carbonyl (C=O) groups is 1. The Balaban J connectivity index is 1.97. The molecule has 2 N–H and O–H groups in total. The number of nitrogens with zero attached hydrogens (tertiary/aromatic N) is 1. The van der Waals surface area contributed by atoms with Crippen molar-refractivity contribution in [3.63, 3.8) is 0 Å². The van der Waals surface area contributed by atoms with Gasteiger partial charge in [0.15, 0.2) is 0 Å². The zero-order valence-corrected chi connectivity index (χ0v) is 10.9. The van der Waals surface area contributed by atoms with Crippen molar-refractivity contribution in [1.29, 1.82) is 0 Å². The Morgan fingerprint density at radius 1 is 1.35 bits per heavy atom. The Morgan fingerprint density at radius 3 is 2.82 bits per heavy atom. The SMILES string of the molecule is CC1CCC(N)C(C(=O)N2CCOC(C)C2)C1. The van der Waals surface area contributed by atoms with Gasteiger partial charge in [0.1, 0.15) is 0 Å². The van der Waals surface area contributed by atoms with Crippen molar-refractivity contribution in [1.82, 2.24) is 4.90 Å². The minimum Gasteiger partial charge on any atom is -0.375 e. The first kappa shape index (κ1) is 12.8. The molecule has 2 fully saturated rings. The number of nitrogens with two attached hydrogens (primary N) is 1. The molecule has 0 bridgehead atoms. The predicted octanol–water partition coefficient (Wildman–Crippen LogP) is 0.997. The van der Waals surface area contributed by atoms with Crippen LogP contribution in [0.3, 0.4) is 0 Å². The third-order valence-corrected chi connectivity index (χ3v) is 4.04. The fourth-order valence-electron chi connectivity index (χ4n) is 2.94. The number of amides is 1. The van der Waals surface area contributed by atoms with Gasteiger partial charge in [-0.1, -0.05) is 6.92 Å². The molecule has 1 heterocycles. The van der Waals surface area contributed by atoms with E-state index in [1.807, 2.05) is 11.8 Å². The zero-order valence-electron chi connectivity index (χ0n) is 10.9. The Morgan fingerprint density at radius 2 is 2.12 bits per heavy atom. The maximum absolute atomic E-state index is 12.4. The lowest BCUT2D eigenvalue weighted by Crippen LogP contribution is -2.51. The van der Waals surface area contributed by atoms with Crippen LogP contribution < -0.4 is 5.73 Å². The second-order valence-corrected chi connectivity index (χ2v) is 5.65. The average molecular weight is 240 g/mol. The lowest BCUT2D eigenvalue weighted by atomic mass is 9.78. The summed E-state index contributed by atoms with van der Waals surface area (Å²) in [5.41, 5.74) is 6.10. The van der Waals surface area contributed by atoms with E-state index in [9.17, 15) is 4.79 Å². The molecule has 2 aliphatic rings. The highest BCUT2D eigenvalue weighted by Crippen LogP contribution is 2.29. The van der Waals surface area contributed by atoms with Gasteiger partial charge in [-0.3, -0.25) is 4.79 Å². The summed E-state index contributed by atoms with van der Waals surface area (Å²) < 4.78 is 5.47. The molecule has 1 saturated carbocycles. The van der Waals surface area contributed by atoms with Crippen LogP contribution in [0.25, 0.3) is 0 Å². The fourth-order valence-corrected chi connectivity index (χ4v) is 2.94. The van der Waals surface area contributed by atoms with Crippen molar-refractivity contribution in [3.8, 4) is 0 Å². The van der Waals surface area contributed by atoms with Gasteiger partial charge in [0, 0.05) is 19.1 Å². The number of hydrogen-bond donors (Lipinski definition) is 1. The number of morpholine rings is 1. The summed E-state index contributed by atoms with van der Waals surface area (Å²) >= 11 is 0. The molecule has 0 radical (unpaired) electrons. The van der Waals surface area contributed by atoms with E-state index in [1.54, 1.807) is 0 Å². The molecule has 98 valence electrons. The number of ether oxygens (including phenoxy) is 1. The Bertz CT molecular complexity index is 283. The monoisotopic (exact) mass is 240 g/mol. The van der Waals surface area contributed by atoms with E-state index in [4.69, 9.17) is 10.5 Å². The molecule has 4 heteroatoms. The van der Waals surface area contributed by atoms with Gasteiger partial charge < -0.3 is 15.4 Å². The van der Waals surface area contributed by atoms with Crippen molar-refractivity contribution in [3.05, 3.63) is 0 Å². The topological polar surface area (TPSA) is 55.6 Å². The molecule has 0 aromatic heterocycles. The lowest BCUT2D eigenvalue weighted by molar-refractivity contribution is -0.144. The van der Waals surface area contributed by atoms with Crippen LogP contribution >= 0.6 is 0 Å². The van der Waals surface area contributed by atoms with Gasteiger partial charge in [0.25, 0.3) is 0 Å². The first-order chi connectivity index (χ1) is 8.08. The highest BCUT2D eigenvalue weighted by Gasteiger charge is 2.35. The van der Waals surface area contributed by atoms with Gasteiger partial charge in [-0.2, -0.15) is 0 Å². The van der Waals surface area contributed by atoms with Crippen LogP contribution in [0.2, 0.25) is 0 Å². The maximum Gasteiger partial charge on any atom is 0.227 e. The molecule has 0 aromatic rings. The van der Waals surface area contributed by atoms with Gasteiger partial charge in [-0.15, -0.1) is 0 Å². The third kappa shape index (κ3) is 2.99. The summed E-state index contributed by atoms with van der Waals surface area (Å²) in [6, 6.07) is 0.0526. The second kappa shape index (κ2) is 5.36. The average Bonchev–Trinajstić information content (AvgIpc) is 2.31. The summed E-state index contributed by atoms with van der Waals surface area (Å²) in [6.07, 6.45) is 3.25. The van der Waals surface area contributed by atoms with Crippen molar-refractivity contribution in [2.24, 2.45) is 17.6 Å². The van der Waals surface area contributed by atoms with E-state index >= 15 is 0 Å². The van der Waals surface area contributed by atoms with Crippen molar-refractivity contribution < 1.29 is 9.53 Å². The molecular weight excluding hydrogens is 216 g/mol. The molecule has 1 aliphatic heterocycles. The fraction of sp³-hybridized carbons (Fsp3) is 0.923. The van der Waals surface area contributed by atoms with Crippen molar-refractivity contribution in [2.75, 3.05) is 19.7 Å². The summed E-state index contributed by atoms with van der Waals surface area (Å²) in [6.45, 7) is 6.33. The second-order valence-electron chi connectivity index (χ2n) is 5.65. The lowest BCUT2D eigenvalue weighted by Gasteiger charge is -2.38. The quantitative estimate of drug-likeness (QED) is 0.744. The molecule has 0 spiro atoms. The van der Waals surface area contributed by atoms with Crippen LogP contribution in [0.15, 0.2) is 0 Å². The van der Waals surface area contributed by atoms with E-state index in [-0.39, 0.29) is 24.0 Å². The maximum atomic E-state index is 12.4. The predicted molar refractivity (Wildman–Crippen MR) is 66.5 cm³/mol. The molecule has 1 aliphatic carbocycles. The molecule has 1 amide bonds. The van der Waals surface area contributed by atoms with Crippen LogP contribution in [0.1, 0.15) is 33.1 Å². The highest BCUT2D eigenvalue weighted by atomic mass is 16.5. The van der Waals surface area contributed by atoms with E-state index in [0.29, 0.717) is 12.5 Å². The van der Waals surface area contributed by atoms with Gasteiger partial charge in [-0.05, 0) is 32.1 Å².